The van der Waals surface area contributed by atoms with Gasteiger partial charge in [-0.1, -0.05) is 42.5 Å². The second kappa shape index (κ2) is 15.4. The fraction of sp³-hybridized carbons (Fsp3) is 0.303. The summed E-state index contributed by atoms with van der Waals surface area (Å²) in [6, 6.07) is 22.0. The molecular formula is C33H39N5O5. The summed E-state index contributed by atoms with van der Waals surface area (Å²) in [5.74, 6) is -1.38. The Bertz CT molecular complexity index is 1500. The van der Waals surface area contributed by atoms with Crippen molar-refractivity contribution >= 4 is 34.3 Å². The molecule has 1 heterocycles. The summed E-state index contributed by atoms with van der Waals surface area (Å²) in [4.78, 5) is 42.3. The number of aromatic amines is 1. The minimum Gasteiger partial charge on any atom is -0.497 e. The number of aromatic nitrogens is 1. The van der Waals surface area contributed by atoms with Crippen LogP contribution in [0.15, 0.2) is 79.0 Å². The molecule has 3 amide bonds. The number of carbonyl (C=O) groups excluding carboxylic acids is 3. The van der Waals surface area contributed by atoms with Gasteiger partial charge in [0.1, 0.15) is 11.8 Å². The quantitative estimate of drug-likeness (QED) is 0.0710. The molecule has 43 heavy (non-hydrogen) atoms. The first kappa shape index (κ1) is 31.1. The molecule has 4 aromatic rings. The number of hydrogen-bond acceptors (Lipinski definition) is 6. The first-order valence-electron chi connectivity index (χ1n) is 14.4. The third-order valence-electron chi connectivity index (χ3n) is 7.53. The van der Waals surface area contributed by atoms with Crippen molar-refractivity contribution in [3.05, 3.63) is 95.7 Å². The van der Waals surface area contributed by atoms with Crippen molar-refractivity contribution in [2.45, 2.75) is 44.6 Å². The fourth-order valence-corrected chi connectivity index (χ4v) is 5.10. The second-order valence-electron chi connectivity index (χ2n) is 10.6. The number of aryl methyl sites for hydroxylation is 1. The second-order valence-corrected chi connectivity index (χ2v) is 10.6. The Morgan fingerprint density at radius 3 is 2.35 bits per heavy atom. The van der Waals surface area contributed by atoms with Crippen molar-refractivity contribution in [3.8, 4) is 5.75 Å². The van der Waals surface area contributed by atoms with Crippen LogP contribution in [0.2, 0.25) is 0 Å². The van der Waals surface area contributed by atoms with E-state index in [1.54, 1.807) is 12.6 Å². The summed E-state index contributed by atoms with van der Waals surface area (Å²) in [6.45, 7) is 0.376. The first-order valence-corrected chi connectivity index (χ1v) is 14.4. The average Bonchev–Trinajstić information content (AvgIpc) is 3.44. The molecule has 0 radical (unpaired) electrons. The Kier molecular flexibility index (Phi) is 11.2. The Labute approximate surface area is 251 Å². The zero-order chi connectivity index (χ0) is 30.6. The maximum Gasteiger partial charge on any atom is 0.244 e. The maximum absolute atomic E-state index is 13.6. The number of nitrogens with two attached hydrogens (primary N) is 1. The summed E-state index contributed by atoms with van der Waals surface area (Å²) in [6.07, 6.45) is 4.21. The monoisotopic (exact) mass is 585 g/mol. The van der Waals surface area contributed by atoms with E-state index >= 15 is 0 Å². The number of methoxy groups -OCH3 is 1. The molecule has 0 bridgehead atoms. The number of amides is 3. The molecule has 7 N–H and O–H groups in total. The van der Waals surface area contributed by atoms with E-state index in [1.165, 1.54) is 0 Å². The van der Waals surface area contributed by atoms with E-state index in [1.807, 2.05) is 79.0 Å². The first-order chi connectivity index (χ1) is 20.9. The van der Waals surface area contributed by atoms with Crippen molar-refractivity contribution in [2.75, 3.05) is 19.4 Å². The van der Waals surface area contributed by atoms with Crippen LogP contribution in [0.25, 0.3) is 10.9 Å². The summed E-state index contributed by atoms with van der Waals surface area (Å²) in [5.41, 5.74) is 12.0. The molecule has 3 aromatic carbocycles. The number of hydrogen-bond donors (Lipinski definition) is 6. The molecule has 4 rings (SSSR count). The third kappa shape index (κ3) is 9.08. The number of anilines is 1. The van der Waals surface area contributed by atoms with Crippen molar-refractivity contribution in [3.63, 3.8) is 0 Å². The van der Waals surface area contributed by atoms with Crippen molar-refractivity contribution in [1.29, 1.82) is 0 Å². The highest BCUT2D eigenvalue weighted by atomic mass is 16.5. The molecule has 0 saturated carbocycles. The minimum absolute atomic E-state index is 0.205. The van der Waals surface area contributed by atoms with Gasteiger partial charge < -0.3 is 26.1 Å². The molecule has 10 heteroatoms. The number of para-hydroxylation sites is 1. The van der Waals surface area contributed by atoms with Crippen molar-refractivity contribution < 1.29 is 24.3 Å². The molecule has 1 aromatic heterocycles. The van der Waals surface area contributed by atoms with Gasteiger partial charge in [0.15, 0.2) is 0 Å². The van der Waals surface area contributed by atoms with Gasteiger partial charge in [0.25, 0.3) is 0 Å². The van der Waals surface area contributed by atoms with Crippen LogP contribution in [0.1, 0.15) is 36.0 Å². The van der Waals surface area contributed by atoms with Crippen molar-refractivity contribution in [2.24, 2.45) is 5.92 Å². The lowest BCUT2D eigenvalue weighted by molar-refractivity contribution is -0.136. The number of H-pyrrole nitrogens is 1. The van der Waals surface area contributed by atoms with E-state index in [9.17, 15) is 14.4 Å². The Hall–Kier alpha value is -4.83. The number of benzene rings is 3. The fourth-order valence-electron chi connectivity index (χ4n) is 5.10. The molecule has 0 aliphatic heterocycles. The number of nitrogen functional groups attached to an aromatic ring is 1. The van der Waals surface area contributed by atoms with E-state index in [0.29, 0.717) is 37.9 Å². The lowest BCUT2D eigenvalue weighted by Crippen LogP contribution is -2.50. The largest absolute Gasteiger partial charge is 0.497 e. The van der Waals surface area contributed by atoms with Crippen molar-refractivity contribution in [1.82, 2.24) is 21.1 Å². The van der Waals surface area contributed by atoms with Gasteiger partial charge in [-0.15, -0.1) is 0 Å². The molecule has 0 saturated heterocycles. The zero-order valence-electron chi connectivity index (χ0n) is 24.3. The molecule has 0 spiro atoms. The number of carbonyl (C=O) groups is 3. The van der Waals surface area contributed by atoms with Gasteiger partial charge in [0.05, 0.1) is 7.11 Å². The van der Waals surface area contributed by atoms with E-state index in [0.717, 1.165) is 33.3 Å². The van der Waals surface area contributed by atoms with Crippen LogP contribution < -0.4 is 26.6 Å². The van der Waals surface area contributed by atoms with Gasteiger partial charge in [-0.25, -0.2) is 5.48 Å². The van der Waals surface area contributed by atoms with Crippen LogP contribution in [0, 0.1) is 5.92 Å². The summed E-state index contributed by atoms with van der Waals surface area (Å²) in [5, 5.41) is 16.0. The predicted octanol–water partition coefficient (Wildman–Crippen LogP) is 3.68. The molecule has 226 valence electrons. The highest BCUT2D eigenvalue weighted by Crippen LogP contribution is 2.21. The van der Waals surface area contributed by atoms with Gasteiger partial charge in [-0.3, -0.25) is 19.6 Å². The molecule has 10 nitrogen and oxygen atoms in total. The minimum atomic E-state index is -0.876. The average molecular weight is 586 g/mol. The van der Waals surface area contributed by atoms with Crippen LogP contribution in [0.4, 0.5) is 5.69 Å². The summed E-state index contributed by atoms with van der Waals surface area (Å²) in [7, 11) is 1.61. The molecular weight excluding hydrogens is 546 g/mol. The third-order valence-corrected chi connectivity index (χ3v) is 7.53. The number of rotatable bonds is 15. The van der Waals surface area contributed by atoms with Crippen LogP contribution in [-0.2, 0) is 33.6 Å². The molecule has 0 fully saturated rings. The Morgan fingerprint density at radius 1 is 0.930 bits per heavy atom. The normalized spacial score (nSPS) is 12.3. The Balaban J connectivity index is 1.45. The van der Waals surface area contributed by atoms with E-state index < -0.39 is 23.8 Å². The van der Waals surface area contributed by atoms with E-state index in [2.05, 4.69) is 15.6 Å². The molecule has 0 unspecified atom stereocenters. The SMILES string of the molecule is COc1ccc(CCC[C@H](CC(=O)NO)C(=O)N[C@@H](Cc2c[nH]c3ccccc23)C(=O)NCCc2ccc(N)cc2)cc1. The zero-order valence-corrected chi connectivity index (χ0v) is 24.3. The van der Waals surface area contributed by atoms with Crippen LogP contribution >= 0.6 is 0 Å². The highest BCUT2D eigenvalue weighted by molar-refractivity contribution is 5.91. The number of hydroxylamine groups is 1. The van der Waals surface area contributed by atoms with Gasteiger partial charge in [0, 0.05) is 48.1 Å². The molecule has 2 atom stereocenters. The number of ether oxygens (including phenoxy) is 1. The van der Waals surface area contributed by atoms with Gasteiger partial charge in [0.2, 0.25) is 17.7 Å². The standard InChI is InChI=1S/C33H39N5O5/c1-43-27-15-11-22(12-16-27)5-4-6-24(20-31(39)38-42)32(40)37-30(19-25-21-36-29-8-3-2-7-28(25)29)33(41)35-18-17-23-9-13-26(34)14-10-23/h2-3,7-16,21,24,30,36,42H,4-6,17-20,34H2,1H3,(H,35,41)(H,37,40)(H,38,39)/t24-,30+/m1/s1. The lowest BCUT2D eigenvalue weighted by atomic mass is 9.94. The summed E-state index contributed by atoms with van der Waals surface area (Å²) >= 11 is 0. The highest BCUT2D eigenvalue weighted by Gasteiger charge is 2.28. The van der Waals surface area contributed by atoms with E-state index in [4.69, 9.17) is 15.7 Å². The van der Waals surface area contributed by atoms with Gasteiger partial charge in [-0.05, 0) is 72.7 Å². The van der Waals surface area contributed by atoms with Crippen LogP contribution in [-0.4, -0.2) is 47.6 Å². The topological polar surface area (TPSA) is 159 Å². The number of fused-ring (bicyclic) bond motifs is 1. The lowest BCUT2D eigenvalue weighted by Gasteiger charge is -2.22. The van der Waals surface area contributed by atoms with E-state index in [-0.39, 0.29) is 18.7 Å². The van der Waals surface area contributed by atoms with Crippen LogP contribution in [0.3, 0.4) is 0 Å². The maximum atomic E-state index is 13.6. The predicted molar refractivity (Wildman–Crippen MR) is 165 cm³/mol. The van der Waals surface area contributed by atoms with Crippen LogP contribution in [0.5, 0.6) is 5.75 Å². The van der Waals surface area contributed by atoms with Gasteiger partial charge in [-0.2, -0.15) is 0 Å². The van der Waals surface area contributed by atoms with Gasteiger partial charge >= 0.3 is 0 Å². The molecule has 0 aliphatic carbocycles. The smallest absolute Gasteiger partial charge is 0.244 e. The number of nitrogens with one attached hydrogen (secondary N) is 4. The molecule has 0 aliphatic rings. The Morgan fingerprint density at radius 2 is 1.63 bits per heavy atom. The summed E-state index contributed by atoms with van der Waals surface area (Å²) < 4.78 is 5.21.